The van der Waals surface area contributed by atoms with Crippen molar-refractivity contribution in [2.75, 3.05) is 0 Å². The maximum absolute atomic E-state index is 10.1. The van der Waals surface area contributed by atoms with Crippen molar-refractivity contribution in [3.8, 4) is 0 Å². The summed E-state index contributed by atoms with van der Waals surface area (Å²) in [7, 11) is 0. The monoisotopic (exact) mass is 363 g/mol. The molecule has 0 aromatic carbocycles. The third kappa shape index (κ3) is 3.26. The summed E-state index contributed by atoms with van der Waals surface area (Å²) in [5.74, 6) is 0.848. The van der Waals surface area contributed by atoms with Crippen molar-refractivity contribution in [2.45, 2.75) is 32.4 Å². The third-order valence-electron chi connectivity index (χ3n) is 2.48. The summed E-state index contributed by atoms with van der Waals surface area (Å²) >= 11 is 3.90. The number of nitrogens with zero attached hydrogens (tertiary/aromatic N) is 3. The van der Waals surface area contributed by atoms with Gasteiger partial charge in [-0.3, -0.25) is 4.68 Å². The first-order valence-electron chi connectivity index (χ1n) is 5.49. The van der Waals surface area contributed by atoms with Crippen molar-refractivity contribution in [3.63, 3.8) is 0 Å². The minimum absolute atomic E-state index is 0.491. The molecule has 0 saturated carbocycles. The van der Waals surface area contributed by atoms with Gasteiger partial charge in [0, 0.05) is 13.0 Å². The first-order chi connectivity index (χ1) is 8.20. The van der Waals surface area contributed by atoms with Crippen LogP contribution in [0.5, 0.6) is 0 Å². The van der Waals surface area contributed by atoms with Gasteiger partial charge in [-0.15, -0.1) is 11.3 Å². The maximum Gasteiger partial charge on any atom is 0.138 e. The molecule has 0 radical (unpaired) electrons. The van der Waals surface area contributed by atoms with Crippen molar-refractivity contribution < 1.29 is 5.11 Å². The van der Waals surface area contributed by atoms with Crippen LogP contribution in [0.2, 0.25) is 0 Å². The van der Waals surface area contributed by atoms with E-state index in [2.05, 4.69) is 39.6 Å². The van der Waals surface area contributed by atoms with Crippen molar-refractivity contribution in [3.05, 3.63) is 32.0 Å². The molecule has 0 bridgehead atoms. The first kappa shape index (κ1) is 13.0. The van der Waals surface area contributed by atoms with Crippen molar-refractivity contribution in [1.29, 1.82) is 0 Å². The Morgan fingerprint density at radius 3 is 3.06 bits per heavy atom. The van der Waals surface area contributed by atoms with Gasteiger partial charge in [0.15, 0.2) is 0 Å². The fourth-order valence-electron chi connectivity index (χ4n) is 1.63. The second-order valence-electron chi connectivity index (χ2n) is 3.80. The molecule has 2 rings (SSSR count). The number of aliphatic hydroxyl groups excluding tert-OH is 1. The molecule has 6 heteroatoms. The SMILES string of the molecule is CCCn1ncnc1CC(O)c1csc(I)c1. The summed E-state index contributed by atoms with van der Waals surface area (Å²) < 4.78 is 3.05. The maximum atomic E-state index is 10.1. The quantitative estimate of drug-likeness (QED) is 0.831. The Morgan fingerprint density at radius 1 is 1.59 bits per heavy atom. The van der Waals surface area contributed by atoms with E-state index in [9.17, 15) is 5.11 Å². The lowest BCUT2D eigenvalue weighted by Crippen LogP contribution is -2.10. The molecule has 0 fully saturated rings. The van der Waals surface area contributed by atoms with Gasteiger partial charge in [0.25, 0.3) is 0 Å². The second kappa shape index (κ2) is 5.92. The van der Waals surface area contributed by atoms with Gasteiger partial charge < -0.3 is 5.11 Å². The highest BCUT2D eigenvalue weighted by Crippen LogP contribution is 2.24. The molecular weight excluding hydrogens is 349 g/mol. The molecule has 92 valence electrons. The Bertz CT molecular complexity index is 483. The van der Waals surface area contributed by atoms with Gasteiger partial charge in [-0.1, -0.05) is 6.92 Å². The van der Waals surface area contributed by atoms with E-state index >= 15 is 0 Å². The Kier molecular flexibility index (Phi) is 4.52. The highest BCUT2D eigenvalue weighted by Gasteiger charge is 2.14. The fourth-order valence-corrected chi connectivity index (χ4v) is 3.05. The number of rotatable bonds is 5. The average molecular weight is 363 g/mol. The number of aliphatic hydroxyl groups is 1. The Hall–Kier alpha value is -0.470. The lowest BCUT2D eigenvalue weighted by atomic mass is 10.1. The molecule has 4 nitrogen and oxygen atoms in total. The predicted molar refractivity (Wildman–Crippen MR) is 76.0 cm³/mol. The molecule has 0 aliphatic heterocycles. The van der Waals surface area contributed by atoms with E-state index in [1.54, 1.807) is 17.7 Å². The van der Waals surface area contributed by atoms with Crippen molar-refractivity contribution >= 4 is 33.9 Å². The van der Waals surface area contributed by atoms with Crippen molar-refractivity contribution in [2.24, 2.45) is 0 Å². The van der Waals surface area contributed by atoms with E-state index in [1.165, 1.54) is 2.88 Å². The van der Waals surface area contributed by atoms with E-state index in [-0.39, 0.29) is 0 Å². The Labute approximate surface area is 118 Å². The van der Waals surface area contributed by atoms with Gasteiger partial charge in [0.05, 0.1) is 8.99 Å². The number of hydrogen-bond acceptors (Lipinski definition) is 4. The van der Waals surface area contributed by atoms with Crippen LogP contribution in [0.15, 0.2) is 17.8 Å². The lowest BCUT2D eigenvalue weighted by Gasteiger charge is -2.09. The molecule has 2 aromatic rings. The fraction of sp³-hybridized carbons (Fsp3) is 0.455. The molecule has 0 spiro atoms. The molecule has 1 unspecified atom stereocenters. The summed E-state index contributed by atoms with van der Waals surface area (Å²) in [6.07, 6.45) is 2.60. The molecule has 0 aliphatic rings. The van der Waals surface area contributed by atoms with Crippen LogP contribution in [0.3, 0.4) is 0 Å². The predicted octanol–water partition coefficient (Wildman–Crippen LogP) is 2.63. The summed E-state index contributed by atoms with van der Waals surface area (Å²) in [6, 6.07) is 2.01. The highest BCUT2D eigenvalue weighted by atomic mass is 127. The van der Waals surface area contributed by atoms with Crippen LogP contribution in [0.1, 0.15) is 30.8 Å². The lowest BCUT2D eigenvalue weighted by molar-refractivity contribution is 0.174. The van der Waals surface area contributed by atoms with Gasteiger partial charge in [0.1, 0.15) is 12.2 Å². The van der Waals surface area contributed by atoms with Crippen LogP contribution >= 0.6 is 33.9 Å². The zero-order valence-corrected chi connectivity index (χ0v) is 12.5. The summed E-state index contributed by atoms with van der Waals surface area (Å²) in [4.78, 5) is 4.20. The van der Waals surface area contributed by atoms with Crippen LogP contribution in [0.25, 0.3) is 0 Å². The van der Waals surface area contributed by atoms with E-state index in [0.717, 1.165) is 24.4 Å². The Balaban J connectivity index is 2.07. The van der Waals surface area contributed by atoms with Gasteiger partial charge in [-0.25, -0.2) is 4.98 Å². The molecule has 0 aliphatic carbocycles. The zero-order valence-electron chi connectivity index (χ0n) is 9.51. The summed E-state index contributed by atoms with van der Waals surface area (Å²) in [6.45, 7) is 2.95. The molecule has 1 atom stereocenters. The van der Waals surface area contributed by atoms with Crippen LogP contribution in [-0.4, -0.2) is 19.9 Å². The average Bonchev–Trinajstić information content (AvgIpc) is 2.89. The van der Waals surface area contributed by atoms with Crippen LogP contribution in [-0.2, 0) is 13.0 Å². The van der Waals surface area contributed by atoms with Gasteiger partial charge in [-0.05, 0) is 46.0 Å². The molecule has 2 heterocycles. The molecule has 17 heavy (non-hydrogen) atoms. The van der Waals surface area contributed by atoms with Gasteiger partial charge in [-0.2, -0.15) is 5.10 Å². The van der Waals surface area contributed by atoms with Crippen LogP contribution in [0.4, 0.5) is 0 Å². The number of aryl methyl sites for hydroxylation is 1. The van der Waals surface area contributed by atoms with Gasteiger partial charge in [0.2, 0.25) is 0 Å². The molecule has 1 N–H and O–H groups in total. The molecular formula is C11H14IN3OS. The molecule has 2 aromatic heterocycles. The first-order valence-corrected chi connectivity index (χ1v) is 7.45. The van der Waals surface area contributed by atoms with Crippen LogP contribution in [0, 0.1) is 2.88 Å². The largest absolute Gasteiger partial charge is 0.388 e. The summed E-state index contributed by atoms with van der Waals surface area (Å²) in [5.41, 5.74) is 0.963. The third-order valence-corrected chi connectivity index (χ3v) is 4.29. The minimum atomic E-state index is -0.491. The van der Waals surface area contributed by atoms with E-state index in [1.807, 2.05) is 16.1 Å². The van der Waals surface area contributed by atoms with Crippen LogP contribution < -0.4 is 0 Å². The van der Waals surface area contributed by atoms with Gasteiger partial charge >= 0.3 is 0 Å². The minimum Gasteiger partial charge on any atom is -0.388 e. The number of thiophene rings is 1. The van der Waals surface area contributed by atoms with E-state index in [0.29, 0.717) is 6.42 Å². The number of halogens is 1. The second-order valence-corrected chi connectivity index (χ2v) is 6.61. The standard InChI is InChI=1S/C11H14IN3OS/c1-2-3-15-11(13-7-14-15)5-9(16)8-4-10(12)17-6-8/h4,6-7,9,16H,2-3,5H2,1H3. The highest BCUT2D eigenvalue weighted by molar-refractivity contribution is 14.1. The van der Waals surface area contributed by atoms with Crippen molar-refractivity contribution in [1.82, 2.24) is 14.8 Å². The number of hydrogen-bond donors (Lipinski definition) is 1. The topological polar surface area (TPSA) is 50.9 Å². The summed E-state index contributed by atoms with van der Waals surface area (Å²) in [5, 5.41) is 16.3. The molecule has 0 saturated heterocycles. The Morgan fingerprint density at radius 2 is 2.41 bits per heavy atom. The van der Waals surface area contributed by atoms with E-state index < -0.39 is 6.10 Å². The van der Waals surface area contributed by atoms with E-state index in [4.69, 9.17) is 0 Å². The normalized spacial score (nSPS) is 12.9. The number of aromatic nitrogens is 3. The zero-order chi connectivity index (χ0) is 12.3. The smallest absolute Gasteiger partial charge is 0.138 e. The molecule has 0 amide bonds.